The number of nitrogen functional groups attached to an aromatic ring is 2. The first-order valence-electron chi connectivity index (χ1n) is 7.07. The van der Waals surface area contributed by atoms with Crippen molar-refractivity contribution in [2.45, 2.75) is 6.54 Å². The number of nitrogens with zero attached hydrogens (tertiary/aromatic N) is 3. The normalized spacial score (nSPS) is 11.3. The fourth-order valence-corrected chi connectivity index (χ4v) is 2.83. The van der Waals surface area contributed by atoms with Crippen LogP contribution in [0.3, 0.4) is 0 Å². The maximum absolute atomic E-state index is 5.94. The monoisotopic (exact) mass is 289 g/mol. The van der Waals surface area contributed by atoms with E-state index in [1.54, 1.807) is 0 Å². The van der Waals surface area contributed by atoms with Crippen molar-refractivity contribution in [3.8, 4) is 0 Å². The van der Waals surface area contributed by atoms with E-state index in [-0.39, 0.29) is 5.95 Å². The van der Waals surface area contributed by atoms with Gasteiger partial charge in [-0.3, -0.25) is 0 Å². The Hall–Kier alpha value is -3.08. The lowest BCUT2D eigenvalue weighted by Crippen LogP contribution is -2.01. The summed E-state index contributed by atoms with van der Waals surface area (Å²) in [6.07, 6.45) is 2.06. The van der Waals surface area contributed by atoms with Crippen molar-refractivity contribution < 1.29 is 0 Å². The lowest BCUT2D eigenvalue weighted by molar-refractivity contribution is 0.837. The van der Waals surface area contributed by atoms with Gasteiger partial charge in [0.25, 0.3) is 0 Å². The molecule has 0 bridgehead atoms. The molecular weight excluding hydrogens is 274 g/mol. The summed E-state index contributed by atoms with van der Waals surface area (Å²) < 4.78 is 2.19. The summed E-state index contributed by atoms with van der Waals surface area (Å²) >= 11 is 0. The molecule has 0 amide bonds. The van der Waals surface area contributed by atoms with Gasteiger partial charge in [-0.1, -0.05) is 30.3 Å². The Morgan fingerprint density at radius 3 is 2.50 bits per heavy atom. The quantitative estimate of drug-likeness (QED) is 0.594. The summed E-state index contributed by atoms with van der Waals surface area (Å²) in [5.74, 6) is 0.619. The summed E-state index contributed by atoms with van der Waals surface area (Å²) in [4.78, 5) is 8.38. The van der Waals surface area contributed by atoms with Crippen LogP contribution in [0.15, 0.2) is 54.7 Å². The second-order valence-electron chi connectivity index (χ2n) is 5.29. The van der Waals surface area contributed by atoms with Crippen LogP contribution >= 0.6 is 0 Å². The first-order valence-corrected chi connectivity index (χ1v) is 7.07. The standard InChI is InChI=1S/C17H15N5/c18-16-13-6-7-14-12(15(13)20-17(19)21-16)8-9-22(14)10-11-4-2-1-3-5-11/h1-9H,10H2,(H4,18,19,20,21). The lowest BCUT2D eigenvalue weighted by Gasteiger charge is -2.07. The van der Waals surface area contributed by atoms with Crippen LogP contribution in [-0.2, 0) is 6.54 Å². The summed E-state index contributed by atoms with van der Waals surface area (Å²) in [7, 11) is 0. The van der Waals surface area contributed by atoms with E-state index in [1.165, 1.54) is 5.56 Å². The van der Waals surface area contributed by atoms with Crippen LogP contribution < -0.4 is 11.5 Å². The van der Waals surface area contributed by atoms with Crippen LogP contribution in [0, 0.1) is 0 Å². The highest BCUT2D eigenvalue weighted by Crippen LogP contribution is 2.28. The average molecular weight is 289 g/mol. The molecule has 4 aromatic rings. The van der Waals surface area contributed by atoms with E-state index in [2.05, 4.69) is 38.9 Å². The molecule has 0 unspecified atom stereocenters. The predicted molar refractivity (Wildman–Crippen MR) is 89.4 cm³/mol. The zero-order chi connectivity index (χ0) is 15.1. The molecule has 5 nitrogen and oxygen atoms in total. The number of rotatable bonds is 2. The fourth-order valence-electron chi connectivity index (χ4n) is 2.83. The van der Waals surface area contributed by atoms with Gasteiger partial charge < -0.3 is 16.0 Å². The molecule has 0 aliphatic heterocycles. The van der Waals surface area contributed by atoms with Gasteiger partial charge in [0.1, 0.15) is 5.82 Å². The van der Waals surface area contributed by atoms with Crippen LogP contribution in [-0.4, -0.2) is 14.5 Å². The Morgan fingerprint density at radius 1 is 0.864 bits per heavy atom. The summed E-state index contributed by atoms with van der Waals surface area (Å²) in [5.41, 5.74) is 14.8. The number of benzene rings is 2. The maximum Gasteiger partial charge on any atom is 0.222 e. The minimum absolute atomic E-state index is 0.202. The zero-order valence-corrected chi connectivity index (χ0v) is 11.9. The molecule has 0 saturated carbocycles. The highest BCUT2D eigenvalue weighted by Gasteiger charge is 2.10. The molecule has 0 saturated heterocycles. The summed E-state index contributed by atoms with van der Waals surface area (Å²) in [6.45, 7) is 0.811. The zero-order valence-electron chi connectivity index (χ0n) is 11.9. The van der Waals surface area contributed by atoms with Crippen molar-refractivity contribution in [2.24, 2.45) is 0 Å². The summed E-state index contributed by atoms with van der Waals surface area (Å²) in [6, 6.07) is 16.4. The molecule has 108 valence electrons. The second-order valence-corrected chi connectivity index (χ2v) is 5.29. The molecule has 2 aromatic carbocycles. The minimum atomic E-state index is 0.202. The van der Waals surface area contributed by atoms with Crippen LogP contribution in [0.5, 0.6) is 0 Å². The first-order chi connectivity index (χ1) is 10.7. The van der Waals surface area contributed by atoms with Gasteiger partial charge in [0.05, 0.1) is 11.0 Å². The van der Waals surface area contributed by atoms with Crippen LogP contribution in [0.25, 0.3) is 21.8 Å². The van der Waals surface area contributed by atoms with Gasteiger partial charge >= 0.3 is 0 Å². The molecule has 4 rings (SSSR count). The minimum Gasteiger partial charge on any atom is -0.383 e. The summed E-state index contributed by atoms with van der Waals surface area (Å²) in [5, 5.41) is 1.87. The SMILES string of the molecule is Nc1nc(N)c2ccc3c(ccn3Cc3ccccc3)c2n1. The third-order valence-electron chi connectivity index (χ3n) is 3.86. The average Bonchev–Trinajstić information content (AvgIpc) is 2.92. The molecular formula is C17H15N5. The van der Waals surface area contributed by atoms with E-state index < -0.39 is 0 Å². The molecule has 0 atom stereocenters. The predicted octanol–water partition coefficient (Wildman–Crippen LogP) is 2.80. The Kier molecular flexibility index (Phi) is 2.72. The molecule has 0 radical (unpaired) electrons. The van der Waals surface area contributed by atoms with Crippen LogP contribution in [0.1, 0.15) is 5.56 Å². The van der Waals surface area contributed by atoms with Crippen molar-refractivity contribution in [1.82, 2.24) is 14.5 Å². The number of anilines is 2. The van der Waals surface area contributed by atoms with Gasteiger partial charge in [-0.25, -0.2) is 4.98 Å². The smallest absolute Gasteiger partial charge is 0.222 e. The van der Waals surface area contributed by atoms with Crippen molar-refractivity contribution in [2.75, 3.05) is 11.5 Å². The molecule has 0 aliphatic carbocycles. The van der Waals surface area contributed by atoms with Crippen molar-refractivity contribution in [3.05, 3.63) is 60.3 Å². The molecule has 2 aromatic heterocycles. The number of hydrogen-bond acceptors (Lipinski definition) is 4. The number of aromatic nitrogens is 3. The van der Waals surface area contributed by atoms with Gasteiger partial charge in [-0.2, -0.15) is 4.98 Å². The van der Waals surface area contributed by atoms with E-state index >= 15 is 0 Å². The number of fused-ring (bicyclic) bond motifs is 3. The van der Waals surface area contributed by atoms with E-state index in [0.29, 0.717) is 5.82 Å². The molecule has 0 spiro atoms. The number of nitrogens with two attached hydrogens (primary N) is 2. The Morgan fingerprint density at radius 2 is 1.68 bits per heavy atom. The molecule has 0 fully saturated rings. The molecule has 22 heavy (non-hydrogen) atoms. The van der Waals surface area contributed by atoms with E-state index in [9.17, 15) is 0 Å². The maximum atomic E-state index is 5.94. The van der Waals surface area contributed by atoms with Crippen molar-refractivity contribution in [3.63, 3.8) is 0 Å². The van der Waals surface area contributed by atoms with E-state index in [1.807, 2.05) is 30.3 Å². The van der Waals surface area contributed by atoms with Crippen molar-refractivity contribution in [1.29, 1.82) is 0 Å². The molecule has 5 heteroatoms. The third-order valence-corrected chi connectivity index (χ3v) is 3.86. The van der Waals surface area contributed by atoms with Gasteiger partial charge in [-0.15, -0.1) is 0 Å². The second kappa shape index (κ2) is 4.73. The van der Waals surface area contributed by atoms with Crippen LogP contribution in [0.2, 0.25) is 0 Å². The van der Waals surface area contributed by atoms with Gasteiger partial charge in [0, 0.05) is 23.5 Å². The largest absolute Gasteiger partial charge is 0.383 e. The van der Waals surface area contributed by atoms with E-state index in [4.69, 9.17) is 11.5 Å². The molecule has 0 aliphatic rings. The van der Waals surface area contributed by atoms with Crippen molar-refractivity contribution >= 4 is 33.6 Å². The molecule has 4 N–H and O–H groups in total. The van der Waals surface area contributed by atoms with Crippen LogP contribution in [0.4, 0.5) is 11.8 Å². The third kappa shape index (κ3) is 1.95. The molecule has 2 heterocycles. The van der Waals surface area contributed by atoms with Gasteiger partial charge in [0.2, 0.25) is 5.95 Å². The van der Waals surface area contributed by atoms with Gasteiger partial charge in [0.15, 0.2) is 0 Å². The fraction of sp³-hybridized carbons (Fsp3) is 0.0588. The Labute approximate surface area is 127 Å². The highest BCUT2D eigenvalue weighted by atomic mass is 15.0. The Bertz CT molecular complexity index is 973. The highest BCUT2D eigenvalue weighted by molar-refractivity contribution is 6.07. The lowest BCUT2D eigenvalue weighted by atomic mass is 10.1. The topological polar surface area (TPSA) is 82.7 Å². The van der Waals surface area contributed by atoms with E-state index in [0.717, 1.165) is 28.4 Å². The first kappa shape index (κ1) is 12.6. The Balaban J connectivity index is 1.91. The van der Waals surface area contributed by atoms with Gasteiger partial charge in [-0.05, 0) is 23.8 Å². The number of hydrogen-bond donors (Lipinski definition) is 2.